The van der Waals surface area contributed by atoms with Gasteiger partial charge >= 0.3 is 0 Å². The van der Waals surface area contributed by atoms with Crippen LogP contribution in [0.25, 0.3) is 0 Å². The molecule has 94 valence electrons. The van der Waals surface area contributed by atoms with E-state index >= 15 is 0 Å². The summed E-state index contributed by atoms with van der Waals surface area (Å²) in [6, 6.07) is 0.672. The Labute approximate surface area is 99.5 Å². The Bertz CT molecular complexity index is 214. The minimum absolute atomic E-state index is 0.398. The zero-order chi connectivity index (χ0) is 11.4. The van der Waals surface area contributed by atoms with Crippen molar-refractivity contribution in [3.63, 3.8) is 0 Å². The zero-order valence-corrected chi connectivity index (χ0v) is 10.8. The van der Waals surface area contributed by atoms with Crippen molar-refractivity contribution in [2.24, 2.45) is 0 Å². The van der Waals surface area contributed by atoms with Crippen LogP contribution in [0.15, 0.2) is 0 Å². The summed E-state index contributed by atoms with van der Waals surface area (Å²) in [5.41, 5.74) is 0.398. The third-order valence-corrected chi connectivity index (χ3v) is 4.26. The molecule has 0 amide bonds. The van der Waals surface area contributed by atoms with E-state index in [-0.39, 0.29) is 0 Å². The number of hydrogen-bond acceptors (Lipinski definition) is 3. The van der Waals surface area contributed by atoms with Crippen molar-refractivity contribution in [1.29, 1.82) is 0 Å². The SMILES string of the molecule is CC1CCN(C2(C)CCOCC2)CCCN1. The van der Waals surface area contributed by atoms with Crippen LogP contribution in [0.3, 0.4) is 0 Å². The highest BCUT2D eigenvalue weighted by atomic mass is 16.5. The predicted octanol–water partition coefficient (Wildman–Crippen LogP) is 1.63. The van der Waals surface area contributed by atoms with Gasteiger partial charge in [0.25, 0.3) is 0 Å². The molecule has 2 fully saturated rings. The van der Waals surface area contributed by atoms with Crippen molar-refractivity contribution in [3.8, 4) is 0 Å². The van der Waals surface area contributed by atoms with Gasteiger partial charge in [0.1, 0.15) is 0 Å². The van der Waals surface area contributed by atoms with E-state index in [2.05, 4.69) is 24.1 Å². The van der Waals surface area contributed by atoms with Gasteiger partial charge < -0.3 is 10.1 Å². The average molecular weight is 226 g/mol. The molecule has 0 aromatic rings. The third-order valence-electron chi connectivity index (χ3n) is 4.26. The molecule has 0 saturated carbocycles. The Kier molecular flexibility index (Phi) is 4.22. The summed E-state index contributed by atoms with van der Waals surface area (Å²) >= 11 is 0. The fourth-order valence-electron chi connectivity index (χ4n) is 2.85. The molecular formula is C13H26N2O. The lowest BCUT2D eigenvalue weighted by molar-refractivity contribution is -0.0224. The summed E-state index contributed by atoms with van der Waals surface area (Å²) in [6.07, 6.45) is 4.96. The van der Waals surface area contributed by atoms with Gasteiger partial charge in [0, 0.05) is 31.3 Å². The Morgan fingerprint density at radius 3 is 2.75 bits per heavy atom. The second-order valence-electron chi connectivity index (χ2n) is 5.59. The minimum atomic E-state index is 0.398. The third kappa shape index (κ3) is 2.96. The Balaban J connectivity index is 1.94. The first-order chi connectivity index (χ1) is 7.71. The predicted molar refractivity (Wildman–Crippen MR) is 66.7 cm³/mol. The van der Waals surface area contributed by atoms with Crippen molar-refractivity contribution in [3.05, 3.63) is 0 Å². The van der Waals surface area contributed by atoms with E-state index in [1.165, 1.54) is 45.3 Å². The first-order valence-electron chi connectivity index (χ1n) is 6.77. The molecule has 3 heteroatoms. The summed E-state index contributed by atoms with van der Waals surface area (Å²) in [4.78, 5) is 2.72. The minimum Gasteiger partial charge on any atom is -0.381 e. The molecule has 2 saturated heterocycles. The zero-order valence-electron chi connectivity index (χ0n) is 10.8. The fraction of sp³-hybridized carbons (Fsp3) is 1.00. The Morgan fingerprint density at radius 2 is 2.00 bits per heavy atom. The molecule has 16 heavy (non-hydrogen) atoms. The molecular weight excluding hydrogens is 200 g/mol. The summed E-state index contributed by atoms with van der Waals surface area (Å²) in [5, 5.41) is 3.57. The van der Waals surface area contributed by atoms with Gasteiger partial charge in [-0.05, 0) is 52.6 Å². The topological polar surface area (TPSA) is 24.5 Å². The molecule has 0 radical (unpaired) electrons. The summed E-state index contributed by atoms with van der Waals surface area (Å²) in [7, 11) is 0. The Morgan fingerprint density at radius 1 is 1.25 bits per heavy atom. The molecule has 2 aliphatic rings. The number of ether oxygens (including phenoxy) is 1. The lowest BCUT2D eigenvalue weighted by Crippen LogP contribution is -2.53. The molecule has 0 spiro atoms. The largest absolute Gasteiger partial charge is 0.381 e. The molecule has 0 aromatic heterocycles. The average Bonchev–Trinajstić information content (AvgIpc) is 2.25. The first kappa shape index (κ1) is 12.3. The highest BCUT2D eigenvalue weighted by Gasteiger charge is 2.33. The van der Waals surface area contributed by atoms with Crippen molar-refractivity contribution in [2.45, 2.75) is 51.1 Å². The number of rotatable bonds is 1. The molecule has 1 atom stereocenters. The maximum Gasteiger partial charge on any atom is 0.0483 e. The van der Waals surface area contributed by atoms with Crippen molar-refractivity contribution in [2.75, 3.05) is 32.8 Å². The monoisotopic (exact) mass is 226 g/mol. The maximum absolute atomic E-state index is 5.49. The lowest BCUT2D eigenvalue weighted by Gasteiger charge is -2.45. The van der Waals surface area contributed by atoms with Gasteiger partial charge in [-0.2, -0.15) is 0 Å². The van der Waals surface area contributed by atoms with Crippen LogP contribution in [-0.2, 0) is 4.74 Å². The van der Waals surface area contributed by atoms with E-state index in [1.807, 2.05) is 0 Å². The normalized spacial score (nSPS) is 33.0. The van der Waals surface area contributed by atoms with E-state index in [0.29, 0.717) is 11.6 Å². The second-order valence-corrected chi connectivity index (χ2v) is 5.59. The van der Waals surface area contributed by atoms with Gasteiger partial charge in [-0.3, -0.25) is 4.90 Å². The number of nitrogens with one attached hydrogen (secondary N) is 1. The quantitative estimate of drug-likeness (QED) is 0.735. The molecule has 1 N–H and O–H groups in total. The van der Waals surface area contributed by atoms with Crippen LogP contribution in [0.2, 0.25) is 0 Å². The van der Waals surface area contributed by atoms with E-state index in [4.69, 9.17) is 4.74 Å². The van der Waals surface area contributed by atoms with Gasteiger partial charge in [-0.25, -0.2) is 0 Å². The van der Waals surface area contributed by atoms with Crippen LogP contribution < -0.4 is 5.32 Å². The van der Waals surface area contributed by atoms with Crippen LogP contribution in [0, 0.1) is 0 Å². The Hall–Kier alpha value is -0.120. The van der Waals surface area contributed by atoms with Gasteiger partial charge in [0.15, 0.2) is 0 Å². The van der Waals surface area contributed by atoms with E-state index in [9.17, 15) is 0 Å². The molecule has 0 bridgehead atoms. The van der Waals surface area contributed by atoms with Gasteiger partial charge in [0.2, 0.25) is 0 Å². The van der Waals surface area contributed by atoms with Gasteiger partial charge in [0.05, 0.1) is 0 Å². The second kappa shape index (κ2) is 5.48. The molecule has 2 heterocycles. The van der Waals surface area contributed by atoms with Gasteiger partial charge in [-0.1, -0.05) is 0 Å². The van der Waals surface area contributed by atoms with E-state index < -0.39 is 0 Å². The van der Waals surface area contributed by atoms with Crippen LogP contribution >= 0.6 is 0 Å². The van der Waals surface area contributed by atoms with Crippen molar-refractivity contribution in [1.82, 2.24) is 10.2 Å². The highest BCUT2D eigenvalue weighted by Crippen LogP contribution is 2.28. The summed E-state index contributed by atoms with van der Waals surface area (Å²) in [5.74, 6) is 0. The standard InChI is InChI=1S/C13H26N2O/c1-12-4-9-15(8-3-7-14-12)13(2)5-10-16-11-6-13/h12,14H,3-11H2,1-2H3. The van der Waals surface area contributed by atoms with Crippen LogP contribution in [-0.4, -0.2) is 49.3 Å². The van der Waals surface area contributed by atoms with E-state index in [0.717, 1.165) is 13.2 Å². The van der Waals surface area contributed by atoms with Crippen molar-refractivity contribution >= 4 is 0 Å². The van der Waals surface area contributed by atoms with Gasteiger partial charge in [-0.15, -0.1) is 0 Å². The molecule has 0 aromatic carbocycles. The molecule has 3 nitrogen and oxygen atoms in total. The van der Waals surface area contributed by atoms with Crippen LogP contribution in [0.5, 0.6) is 0 Å². The van der Waals surface area contributed by atoms with Crippen LogP contribution in [0.1, 0.15) is 39.5 Å². The maximum atomic E-state index is 5.49. The van der Waals surface area contributed by atoms with Crippen LogP contribution in [0.4, 0.5) is 0 Å². The van der Waals surface area contributed by atoms with E-state index in [1.54, 1.807) is 0 Å². The number of nitrogens with zero attached hydrogens (tertiary/aromatic N) is 1. The molecule has 2 aliphatic heterocycles. The highest BCUT2D eigenvalue weighted by molar-refractivity contribution is 4.89. The first-order valence-corrected chi connectivity index (χ1v) is 6.77. The molecule has 0 aliphatic carbocycles. The van der Waals surface area contributed by atoms with Crippen molar-refractivity contribution < 1.29 is 4.74 Å². The smallest absolute Gasteiger partial charge is 0.0483 e. The molecule has 2 rings (SSSR count). The number of hydrogen-bond donors (Lipinski definition) is 1. The molecule has 1 unspecified atom stereocenters. The summed E-state index contributed by atoms with van der Waals surface area (Å²) in [6.45, 7) is 10.3. The lowest BCUT2D eigenvalue weighted by atomic mass is 9.89. The summed E-state index contributed by atoms with van der Waals surface area (Å²) < 4.78 is 5.49. The fourth-order valence-corrected chi connectivity index (χ4v) is 2.85.